The summed E-state index contributed by atoms with van der Waals surface area (Å²) >= 11 is 6.75. The molecule has 0 atom stereocenters. The van der Waals surface area contributed by atoms with E-state index in [0.29, 0.717) is 12.0 Å². The van der Waals surface area contributed by atoms with Gasteiger partial charge < -0.3 is 0 Å². The molecule has 0 N–H and O–H groups in total. The van der Waals surface area contributed by atoms with Gasteiger partial charge in [-0.15, -0.1) is 0 Å². The van der Waals surface area contributed by atoms with Gasteiger partial charge in [0.1, 0.15) is 10.0 Å². The lowest BCUT2D eigenvalue weighted by atomic mass is 10.3. The second-order valence-corrected chi connectivity index (χ2v) is 4.16. The molecule has 0 amide bonds. The first-order chi connectivity index (χ1) is 7.24. The zero-order chi connectivity index (χ0) is 10.8. The third kappa shape index (κ3) is 1.73. The van der Waals surface area contributed by atoms with Crippen LogP contribution in [0.4, 0.5) is 0 Å². The standard InChI is InChI=1S/C10H6ClNO2S/c11-9-8(6-13)15-10(14)12(9)7-4-2-1-3-5-7/h1-6H. The van der Waals surface area contributed by atoms with Crippen LogP contribution in [0.15, 0.2) is 35.1 Å². The highest BCUT2D eigenvalue weighted by Crippen LogP contribution is 2.20. The van der Waals surface area contributed by atoms with Crippen molar-refractivity contribution < 1.29 is 4.79 Å². The second kappa shape index (κ2) is 4.00. The minimum atomic E-state index is -0.256. The minimum absolute atomic E-state index is 0.172. The monoisotopic (exact) mass is 239 g/mol. The van der Waals surface area contributed by atoms with E-state index in [9.17, 15) is 9.59 Å². The van der Waals surface area contributed by atoms with Crippen LogP contribution < -0.4 is 4.87 Å². The average Bonchev–Trinajstić information content (AvgIpc) is 2.55. The minimum Gasteiger partial charge on any atom is -0.297 e. The predicted octanol–water partition coefficient (Wildman–Crippen LogP) is 2.36. The second-order valence-electron chi connectivity index (χ2n) is 2.81. The molecule has 5 heteroatoms. The van der Waals surface area contributed by atoms with Gasteiger partial charge in [-0.3, -0.25) is 14.2 Å². The van der Waals surface area contributed by atoms with Gasteiger partial charge in [-0.05, 0) is 12.1 Å². The van der Waals surface area contributed by atoms with Gasteiger partial charge in [0.2, 0.25) is 0 Å². The summed E-state index contributed by atoms with van der Waals surface area (Å²) in [5, 5.41) is 0.172. The molecule has 0 saturated heterocycles. The molecular weight excluding hydrogens is 234 g/mol. The van der Waals surface area contributed by atoms with E-state index in [1.807, 2.05) is 6.07 Å². The highest BCUT2D eigenvalue weighted by atomic mass is 35.5. The number of para-hydroxylation sites is 1. The van der Waals surface area contributed by atoms with E-state index in [2.05, 4.69) is 0 Å². The van der Waals surface area contributed by atoms with Crippen molar-refractivity contribution in [2.45, 2.75) is 0 Å². The SMILES string of the molecule is O=Cc1sc(=O)n(-c2ccccc2)c1Cl. The summed E-state index contributed by atoms with van der Waals surface area (Å²) in [6, 6.07) is 8.96. The number of rotatable bonds is 2. The summed E-state index contributed by atoms with van der Waals surface area (Å²) in [6.07, 6.45) is 0.591. The Morgan fingerprint density at radius 1 is 1.27 bits per heavy atom. The van der Waals surface area contributed by atoms with Crippen molar-refractivity contribution in [1.82, 2.24) is 4.57 Å². The van der Waals surface area contributed by atoms with E-state index in [1.165, 1.54) is 4.57 Å². The van der Waals surface area contributed by atoms with Gasteiger partial charge in [-0.1, -0.05) is 41.1 Å². The summed E-state index contributed by atoms with van der Waals surface area (Å²) in [4.78, 5) is 22.2. The van der Waals surface area contributed by atoms with Crippen molar-refractivity contribution in [3.05, 3.63) is 50.0 Å². The van der Waals surface area contributed by atoms with Gasteiger partial charge in [0.15, 0.2) is 6.29 Å². The molecule has 15 heavy (non-hydrogen) atoms. The molecule has 2 rings (SSSR count). The number of halogens is 1. The molecule has 0 radical (unpaired) electrons. The van der Waals surface area contributed by atoms with Crippen LogP contribution in [0.1, 0.15) is 9.67 Å². The summed E-state index contributed by atoms with van der Waals surface area (Å²) < 4.78 is 1.32. The molecular formula is C10H6ClNO2S. The summed E-state index contributed by atoms with van der Waals surface area (Å²) in [5.41, 5.74) is 0.664. The molecule has 1 aromatic heterocycles. The fraction of sp³-hybridized carbons (Fsp3) is 0. The van der Waals surface area contributed by atoms with Crippen LogP contribution in [-0.2, 0) is 0 Å². The molecule has 76 valence electrons. The Balaban J connectivity index is 2.69. The van der Waals surface area contributed by atoms with Crippen LogP contribution in [0.3, 0.4) is 0 Å². The molecule has 0 fully saturated rings. The number of aldehydes is 1. The number of hydrogen-bond donors (Lipinski definition) is 0. The highest BCUT2D eigenvalue weighted by molar-refractivity contribution is 7.11. The maximum absolute atomic E-state index is 11.6. The Bertz CT molecular complexity index is 544. The van der Waals surface area contributed by atoms with Crippen molar-refractivity contribution in [1.29, 1.82) is 0 Å². The van der Waals surface area contributed by atoms with Gasteiger partial charge in [-0.2, -0.15) is 0 Å². The summed E-state index contributed by atoms with van der Waals surface area (Å²) in [7, 11) is 0. The van der Waals surface area contributed by atoms with Crippen molar-refractivity contribution in [3.8, 4) is 5.69 Å². The number of carbonyl (C=O) groups is 1. The normalized spacial score (nSPS) is 10.2. The molecule has 0 aliphatic carbocycles. The number of thiazole rings is 1. The largest absolute Gasteiger partial charge is 0.313 e. The number of hydrogen-bond acceptors (Lipinski definition) is 3. The summed E-state index contributed by atoms with van der Waals surface area (Å²) in [5.74, 6) is 0. The first-order valence-electron chi connectivity index (χ1n) is 4.16. The fourth-order valence-electron chi connectivity index (χ4n) is 1.24. The molecule has 0 unspecified atom stereocenters. The zero-order valence-electron chi connectivity index (χ0n) is 7.51. The molecule has 3 nitrogen and oxygen atoms in total. The quantitative estimate of drug-likeness (QED) is 0.755. The Kier molecular flexibility index (Phi) is 2.70. The van der Waals surface area contributed by atoms with Crippen LogP contribution in [-0.4, -0.2) is 10.9 Å². The van der Waals surface area contributed by atoms with Crippen LogP contribution in [0.25, 0.3) is 5.69 Å². The molecule has 0 bridgehead atoms. The number of aromatic nitrogens is 1. The van der Waals surface area contributed by atoms with Crippen molar-refractivity contribution in [2.75, 3.05) is 0 Å². The smallest absolute Gasteiger partial charge is 0.297 e. The van der Waals surface area contributed by atoms with Crippen molar-refractivity contribution in [2.24, 2.45) is 0 Å². The third-order valence-electron chi connectivity index (χ3n) is 1.90. The van der Waals surface area contributed by atoms with Gasteiger partial charge in [-0.25, -0.2) is 0 Å². The number of benzene rings is 1. The van der Waals surface area contributed by atoms with E-state index in [-0.39, 0.29) is 14.9 Å². The molecule has 1 aromatic carbocycles. The number of carbonyl (C=O) groups excluding carboxylic acids is 1. The van der Waals surface area contributed by atoms with E-state index >= 15 is 0 Å². The average molecular weight is 240 g/mol. The van der Waals surface area contributed by atoms with Crippen LogP contribution in [0.5, 0.6) is 0 Å². The van der Waals surface area contributed by atoms with Crippen LogP contribution in [0.2, 0.25) is 5.15 Å². The lowest BCUT2D eigenvalue weighted by molar-refractivity contribution is 0.112. The summed E-state index contributed by atoms with van der Waals surface area (Å²) in [6.45, 7) is 0. The van der Waals surface area contributed by atoms with Gasteiger partial charge >= 0.3 is 4.87 Å². The third-order valence-corrected chi connectivity index (χ3v) is 3.25. The zero-order valence-corrected chi connectivity index (χ0v) is 9.09. The number of nitrogens with zero attached hydrogens (tertiary/aromatic N) is 1. The Morgan fingerprint density at radius 2 is 1.93 bits per heavy atom. The van der Waals surface area contributed by atoms with Crippen molar-refractivity contribution in [3.63, 3.8) is 0 Å². The van der Waals surface area contributed by atoms with Crippen molar-refractivity contribution >= 4 is 29.2 Å². The van der Waals surface area contributed by atoms with Gasteiger partial charge in [0, 0.05) is 0 Å². The Labute approximate surface area is 94.5 Å². The maximum atomic E-state index is 11.6. The first kappa shape index (κ1) is 10.1. The molecule has 0 aliphatic heterocycles. The molecule has 0 aliphatic rings. The fourth-order valence-corrected chi connectivity index (χ4v) is 2.33. The Hall–Kier alpha value is -1.39. The Morgan fingerprint density at radius 3 is 2.47 bits per heavy atom. The van der Waals surface area contributed by atoms with E-state index in [1.54, 1.807) is 24.3 Å². The predicted molar refractivity (Wildman–Crippen MR) is 60.3 cm³/mol. The van der Waals surface area contributed by atoms with Gasteiger partial charge in [0.05, 0.1) is 5.69 Å². The lowest BCUT2D eigenvalue weighted by Crippen LogP contribution is -2.09. The maximum Gasteiger partial charge on any atom is 0.313 e. The van der Waals surface area contributed by atoms with Crippen LogP contribution >= 0.6 is 22.9 Å². The molecule has 0 saturated carbocycles. The lowest BCUT2D eigenvalue weighted by Gasteiger charge is -2.01. The van der Waals surface area contributed by atoms with E-state index in [0.717, 1.165) is 11.3 Å². The van der Waals surface area contributed by atoms with Crippen LogP contribution in [0, 0.1) is 0 Å². The highest BCUT2D eigenvalue weighted by Gasteiger charge is 2.12. The van der Waals surface area contributed by atoms with Gasteiger partial charge in [0.25, 0.3) is 0 Å². The molecule has 0 spiro atoms. The molecule has 2 aromatic rings. The topological polar surface area (TPSA) is 39.1 Å². The molecule has 1 heterocycles. The first-order valence-corrected chi connectivity index (χ1v) is 5.35. The van der Waals surface area contributed by atoms with E-state index in [4.69, 9.17) is 11.6 Å². The van der Waals surface area contributed by atoms with E-state index < -0.39 is 0 Å².